The topological polar surface area (TPSA) is 57.6 Å². The van der Waals surface area contributed by atoms with Crippen molar-refractivity contribution in [2.24, 2.45) is 5.41 Å². The Bertz CT molecular complexity index is 798. The van der Waals surface area contributed by atoms with Crippen LogP contribution in [-0.2, 0) is 9.59 Å². The summed E-state index contributed by atoms with van der Waals surface area (Å²) >= 11 is 5.79. The van der Waals surface area contributed by atoms with Gasteiger partial charge in [-0.3, -0.25) is 14.5 Å². The third-order valence-corrected chi connectivity index (χ3v) is 4.74. The molecule has 1 aromatic rings. The minimum Gasteiger partial charge on any atom is -0.368 e. The molecule has 134 valence electrons. The number of ketones is 1. The van der Waals surface area contributed by atoms with E-state index >= 15 is 0 Å². The Balaban J connectivity index is 2.25. The summed E-state index contributed by atoms with van der Waals surface area (Å²) in [7, 11) is 0. The van der Waals surface area contributed by atoms with E-state index in [4.69, 9.17) is 11.6 Å². The number of hydrogen-bond acceptors (Lipinski definition) is 3. The minimum atomic E-state index is -5.30. The van der Waals surface area contributed by atoms with Gasteiger partial charge in [0.15, 0.2) is 5.78 Å². The molecule has 0 saturated heterocycles. The molecule has 0 saturated carbocycles. The molecule has 25 heavy (non-hydrogen) atoms. The first-order valence-corrected chi connectivity index (χ1v) is 7.92. The van der Waals surface area contributed by atoms with E-state index in [9.17, 15) is 27.9 Å². The van der Waals surface area contributed by atoms with Gasteiger partial charge < -0.3 is 5.11 Å². The van der Waals surface area contributed by atoms with Crippen LogP contribution in [0.15, 0.2) is 35.5 Å². The first-order valence-electron chi connectivity index (χ1n) is 7.54. The first kappa shape index (κ1) is 17.9. The molecule has 8 heteroatoms. The summed E-state index contributed by atoms with van der Waals surface area (Å²) in [4.78, 5) is 25.8. The third kappa shape index (κ3) is 2.57. The van der Waals surface area contributed by atoms with Crippen LogP contribution < -0.4 is 4.90 Å². The fourth-order valence-corrected chi connectivity index (χ4v) is 3.53. The number of aliphatic hydroxyl groups is 1. The van der Waals surface area contributed by atoms with E-state index in [0.29, 0.717) is 5.02 Å². The van der Waals surface area contributed by atoms with Crippen molar-refractivity contribution in [1.29, 1.82) is 0 Å². The second-order valence-electron chi connectivity index (χ2n) is 7.09. The summed E-state index contributed by atoms with van der Waals surface area (Å²) in [5.41, 5.74) is -5.30. The van der Waals surface area contributed by atoms with Crippen LogP contribution in [0.2, 0.25) is 5.02 Å². The largest absolute Gasteiger partial charge is 0.430 e. The predicted octanol–water partition coefficient (Wildman–Crippen LogP) is 3.62. The third-order valence-electron chi connectivity index (χ3n) is 4.49. The van der Waals surface area contributed by atoms with Crippen LogP contribution in [0.1, 0.15) is 26.7 Å². The Kier molecular flexibility index (Phi) is 3.82. The highest BCUT2D eigenvalue weighted by Crippen LogP contribution is 2.52. The molecule has 4 nitrogen and oxygen atoms in total. The fraction of sp³-hybridized carbons (Fsp3) is 0.412. The Morgan fingerprint density at radius 1 is 1.12 bits per heavy atom. The number of hydrogen-bond donors (Lipinski definition) is 1. The Hall–Kier alpha value is -1.86. The van der Waals surface area contributed by atoms with Crippen LogP contribution in [-0.4, -0.2) is 28.6 Å². The highest BCUT2D eigenvalue weighted by atomic mass is 35.5. The summed E-state index contributed by atoms with van der Waals surface area (Å²) in [5, 5.41) is 10.6. The molecule has 1 aliphatic carbocycles. The molecule has 1 atom stereocenters. The summed E-state index contributed by atoms with van der Waals surface area (Å²) in [5.74, 6) is -2.45. The van der Waals surface area contributed by atoms with Gasteiger partial charge in [0.25, 0.3) is 11.5 Å². The number of allylic oxidation sites excluding steroid dienone is 1. The van der Waals surface area contributed by atoms with Gasteiger partial charge in [-0.25, -0.2) is 0 Å². The lowest BCUT2D eigenvalue weighted by molar-refractivity contribution is -0.235. The maximum Gasteiger partial charge on any atom is 0.430 e. The van der Waals surface area contributed by atoms with Gasteiger partial charge in [0, 0.05) is 22.8 Å². The molecule has 0 spiro atoms. The molecular formula is C17H15ClF3NO3. The minimum absolute atomic E-state index is 0.0564. The van der Waals surface area contributed by atoms with Crippen LogP contribution in [0.25, 0.3) is 0 Å². The molecule has 1 aliphatic heterocycles. The summed E-state index contributed by atoms with van der Waals surface area (Å²) < 4.78 is 40.7. The molecule has 0 radical (unpaired) electrons. The predicted molar refractivity (Wildman–Crippen MR) is 85.0 cm³/mol. The lowest BCUT2D eigenvalue weighted by atomic mass is 9.73. The molecular weight excluding hydrogens is 359 g/mol. The lowest BCUT2D eigenvalue weighted by Gasteiger charge is -2.33. The van der Waals surface area contributed by atoms with Crippen molar-refractivity contribution in [3.63, 3.8) is 0 Å². The second-order valence-corrected chi connectivity index (χ2v) is 7.52. The number of Topliss-reactive ketones (excluding diaryl/α,β-unsaturated/α-hetero) is 1. The number of benzene rings is 1. The van der Waals surface area contributed by atoms with Gasteiger partial charge in [0.05, 0.1) is 5.57 Å². The zero-order valence-electron chi connectivity index (χ0n) is 13.4. The molecule has 0 aromatic heterocycles. The smallest absolute Gasteiger partial charge is 0.368 e. The average molecular weight is 374 g/mol. The Morgan fingerprint density at radius 3 is 2.20 bits per heavy atom. The zero-order chi connectivity index (χ0) is 18.8. The lowest BCUT2D eigenvalue weighted by Crippen LogP contribution is -2.55. The normalized spacial score (nSPS) is 26.3. The van der Waals surface area contributed by atoms with E-state index in [0.717, 1.165) is 4.90 Å². The number of amides is 1. The molecule has 1 aromatic carbocycles. The maximum absolute atomic E-state index is 13.6. The van der Waals surface area contributed by atoms with Crippen molar-refractivity contribution in [2.45, 2.75) is 38.5 Å². The van der Waals surface area contributed by atoms with Gasteiger partial charge in [-0.05, 0) is 36.1 Å². The highest BCUT2D eigenvalue weighted by molar-refractivity contribution is 6.30. The van der Waals surface area contributed by atoms with Crippen LogP contribution in [0.3, 0.4) is 0 Å². The second kappa shape index (κ2) is 5.32. The molecule has 1 amide bonds. The number of halogens is 4. The van der Waals surface area contributed by atoms with E-state index in [1.165, 1.54) is 24.3 Å². The van der Waals surface area contributed by atoms with Crippen molar-refractivity contribution in [3.05, 3.63) is 40.6 Å². The van der Waals surface area contributed by atoms with Crippen LogP contribution in [0, 0.1) is 5.41 Å². The van der Waals surface area contributed by atoms with Crippen molar-refractivity contribution in [1.82, 2.24) is 0 Å². The van der Waals surface area contributed by atoms with E-state index in [-0.39, 0.29) is 24.2 Å². The summed E-state index contributed by atoms with van der Waals surface area (Å²) in [6.45, 7) is 3.45. The van der Waals surface area contributed by atoms with E-state index in [2.05, 4.69) is 0 Å². The van der Waals surface area contributed by atoms with Gasteiger partial charge in [-0.2, -0.15) is 13.2 Å². The molecule has 1 N–H and O–H groups in total. The average Bonchev–Trinajstić information content (AvgIpc) is 2.68. The Morgan fingerprint density at radius 2 is 1.68 bits per heavy atom. The monoisotopic (exact) mass is 373 g/mol. The zero-order valence-corrected chi connectivity index (χ0v) is 14.2. The molecule has 3 rings (SSSR count). The van der Waals surface area contributed by atoms with Gasteiger partial charge >= 0.3 is 6.18 Å². The van der Waals surface area contributed by atoms with Crippen LogP contribution in [0.5, 0.6) is 0 Å². The van der Waals surface area contributed by atoms with Gasteiger partial charge in [0.2, 0.25) is 0 Å². The molecule has 0 fully saturated rings. The van der Waals surface area contributed by atoms with Crippen molar-refractivity contribution >= 4 is 29.0 Å². The first-order chi connectivity index (χ1) is 11.4. The van der Waals surface area contributed by atoms with Gasteiger partial charge in [-0.1, -0.05) is 25.4 Å². The van der Waals surface area contributed by atoms with E-state index in [1.54, 1.807) is 13.8 Å². The standard InChI is InChI=1S/C17H15ClF3NO3/c1-15(2)7-11-13(12(23)8-15)16(25,17(19,20)21)14(24)22(11)10-5-3-9(18)4-6-10/h3-6,25H,7-8H2,1-2H3/t16-/m1/s1. The number of anilines is 1. The summed E-state index contributed by atoms with van der Waals surface area (Å²) in [6.07, 6.45) is -5.42. The summed E-state index contributed by atoms with van der Waals surface area (Å²) in [6, 6.07) is 5.59. The van der Waals surface area contributed by atoms with Crippen molar-refractivity contribution in [3.8, 4) is 0 Å². The van der Waals surface area contributed by atoms with Gasteiger partial charge in [0.1, 0.15) is 0 Å². The van der Waals surface area contributed by atoms with Crippen molar-refractivity contribution in [2.75, 3.05) is 4.90 Å². The quantitative estimate of drug-likeness (QED) is 0.818. The molecule has 1 heterocycles. The number of carbonyl (C=O) groups is 2. The fourth-order valence-electron chi connectivity index (χ4n) is 3.41. The molecule has 2 aliphatic rings. The molecule has 0 unspecified atom stereocenters. The number of nitrogens with zero attached hydrogens (tertiary/aromatic N) is 1. The Labute approximate surface area is 146 Å². The number of rotatable bonds is 1. The maximum atomic E-state index is 13.6. The number of alkyl halides is 3. The van der Waals surface area contributed by atoms with Crippen LogP contribution in [0.4, 0.5) is 18.9 Å². The van der Waals surface area contributed by atoms with Crippen LogP contribution >= 0.6 is 11.6 Å². The SMILES string of the molecule is CC1(C)CC(=O)C2=C(C1)N(c1ccc(Cl)cc1)C(=O)[C@@]2(O)C(F)(F)F. The highest BCUT2D eigenvalue weighted by Gasteiger charge is 2.70. The van der Waals surface area contributed by atoms with Gasteiger partial charge in [-0.15, -0.1) is 0 Å². The van der Waals surface area contributed by atoms with E-state index < -0.39 is 34.5 Å². The van der Waals surface area contributed by atoms with Crippen molar-refractivity contribution < 1.29 is 27.9 Å². The number of carbonyl (C=O) groups excluding carboxylic acids is 2. The molecule has 0 bridgehead atoms. The van der Waals surface area contributed by atoms with E-state index in [1.807, 2.05) is 0 Å².